The fourth-order valence-electron chi connectivity index (χ4n) is 2.46. The second kappa shape index (κ2) is 8.17. The van der Waals surface area contributed by atoms with Crippen LogP contribution in [0.3, 0.4) is 0 Å². The van der Waals surface area contributed by atoms with Crippen LogP contribution in [0.4, 0.5) is 4.79 Å². The molecule has 0 unspecified atom stereocenters. The van der Waals surface area contributed by atoms with E-state index in [2.05, 4.69) is 5.32 Å². The Morgan fingerprint density at radius 3 is 2.61 bits per heavy atom. The zero-order valence-electron chi connectivity index (χ0n) is 13.1. The zero-order valence-corrected chi connectivity index (χ0v) is 13.8. The molecule has 0 spiro atoms. The van der Waals surface area contributed by atoms with Crippen molar-refractivity contribution in [3.8, 4) is 0 Å². The third-order valence-corrected chi connectivity index (χ3v) is 4.12. The molecule has 1 aromatic carbocycles. The Morgan fingerprint density at radius 1 is 1.30 bits per heavy atom. The maximum absolute atomic E-state index is 12.0. The van der Waals surface area contributed by atoms with E-state index in [4.69, 9.17) is 21.1 Å². The van der Waals surface area contributed by atoms with Gasteiger partial charge in [0.2, 0.25) is 5.91 Å². The molecular weight excluding hydrogens is 320 g/mol. The van der Waals surface area contributed by atoms with Crippen molar-refractivity contribution in [1.82, 2.24) is 10.2 Å². The molecule has 1 heterocycles. The summed E-state index contributed by atoms with van der Waals surface area (Å²) in [6.45, 7) is 1.62. The fourth-order valence-corrected chi connectivity index (χ4v) is 2.55. The molecule has 1 aliphatic heterocycles. The number of ether oxygens (including phenoxy) is 2. The first-order valence-electron chi connectivity index (χ1n) is 7.42. The number of benzene rings is 1. The van der Waals surface area contributed by atoms with Gasteiger partial charge in [-0.05, 0) is 12.0 Å². The highest BCUT2D eigenvalue weighted by molar-refractivity contribution is 6.27. The summed E-state index contributed by atoms with van der Waals surface area (Å²) in [5, 5.41) is 2.70. The van der Waals surface area contributed by atoms with Crippen LogP contribution < -0.4 is 5.32 Å². The summed E-state index contributed by atoms with van der Waals surface area (Å²) >= 11 is 5.42. The van der Waals surface area contributed by atoms with Gasteiger partial charge in [-0.2, -0.15) is 0 Å². The van der Waals surface area contributed by atoms with E-state index in [0.29, 0.717) is 26.1 Å². The summed E-state index contributed by atoms with van der Waals surface area (Å²) in [5.41, 5.74) is 0.522. The predicted octanol–water partition coefficient (Wildman–Crippen LogP) is 1.77. The number of alkyl halides is 1. The summed E-state index contributed by atoms with van der Waals surface area (Å²) in [4.78, 5) is 24.7. The number of hydrogen-bond acceptors (Lipinski definition) is 4. The van der Waals surface area contributed by atoms with Crippen molar-refractivity contribution in [3.05, 3.63) is 35.9 Å². The number of rotatable bonds is 7. The molecule has 0 aromatic heterocycles. The highest BCUT2D eigenvalue weighted by Gasteiger charge is 2.45. The molecule has 1 fully saturated rings. The molecule has 2 rings (SSSR count). The van der Waals surface area contributed by atoms with Crippen LogP contribution in [-0.2, 0) is 20.9 Å². The lowest BCUT2D eigenvalue weighted by Gasteiger charge is -2.48. The van der Waals surface area contributed by atoms with Crippen molar-refractivity contribution in [2.24, 2.45) is 0 Å². The molecule has 0 radical (unpaired) electrons. The smallest absolute Gasteiger partial charge is 0.410 e. The van der Waals surface area contributed by atoms with E-state index in [-0.39, 0.29) is 24.5 Å². The first kappa shape index (κ1) is 17.6. The van der Waals surface area contributed by atoms with Gasteiger partial charge in [-0.1, -0.05) is 30.3 Å². The van der Waals surface area contributed by atoms with E-state index in [1.165, 1.54) is 0 Å². The maximum atomic E-state index is 12.0. The lowest BCUT2D eigenvalue weighted by molar-refractivity contribution is -0.124. The van der Waals surface area contributed by atoms with Crippen LogP contribution in [0, 0.1) is 0 Å². The van der Waals surface area contributed by atoms with Crippen molar-refractivity contribution in [3.63, 3.8) is 0 Å². The molecule has 1 aliphatic rings. The number of nitrogens with zero attached hydrogens (tertiary/aromatic N) is 1. The van der Waals surface area contributed by atoms with E-state index in [1.807, 2.05) is 30.3 Å². The third-order valence-electron chi connectivity index (χ3n) is 3.88. The maximum Gasteiger partial charge on any atom is 0.410 e. The number of carbonyl (C=O) groups is 2. The number of likely N-dealkylation sites (tertiary alicyclic amines) is 1. The average molecular weight is 341 g/mol. The first-order valence-corrected chi connectivity index (χ1v) is 7.95. The van der Waals surface area contributed by atoms with Crippen LogP contribution in [0.5, 0.6) is 0 Å². The molecule has 23 heavy (non-hydrogen) atoms. The standard InChI is InChI=1S/C16H21ClN2O4/c1-22-16(7-8-18-14(20)9-17)11-19(12-16)15(21)23-10-13-5-3-2-4-6-13/h2-6H,7-12H2,1H3,(H,18,20). The van der Waals surface area contributed by atoms with Gasteiger partial charge in [-0.25, -0.2) is 4.79 Å². The average Bonchev–Trinajstić information content (AvgIpc) is 2.55. The van der Waals surface area contributed by atoms with Gasteiger partial charge < -0.3 is 19.7 Å². The quantitative estimate of drug-likeness (QED) is 0.768. The topological polar surface area (TPSA) is 67.9 Å². The van der Waals surface area contributed by atoms with Gasteiger partial charge in [-0.3, -0.25) is 4.79 Å². The highest BCUT2D eigenvalue weighted by atomic mass is 35.5. The second-order valence-electron chi connectivity index (χ2n) is 5.52. The van der Waals surface area contributed by atoms with Gasteiger partial charge in [0.25, 0.3) is 0 Å². The number of nitrogens with one attached hydrogen (secondary N) is 1. The fraction of sp³-hybridized carbons (Fsp3) is 0.500. The van der Waals surface area contributed by atoms with Crippen molar-refractivity contribution >= 4 is 23.6 Å². The van der Waals surface area contributed by atoms with Gasteiger partial charge >= 0.3 is 6.09 Å². The Bertz CT molecular complexity index is 532. The second-order valence-corrected chi connectivity index (χ2v) is 5.78. The minimum absolute atomic E-state index is 0.0576. The summed E-state index contributed by atoms with van der Waals surface area (Å²) in [7, 11) is 1.61. The Hall–Kier alpha value is -1.79. The van der Waals surface area contributed by atoms with E-state index in [1.54, 1.807) is 12.0 Å². The Kier molecular flexibility index (Phi) is 6.24. The lowest BCUT2D eigenvalue weighted by atomic mass is 9.90. The monoisotopic (exact) mass is 340 g/mol. The predicted molar refractivity (Wildman–Crippen MR) is 86.3 cm³/mol. The minimum atomic E-state index is -0.425. The number of halogens is 1. The van der Waals surface area contributed by atoms with Gasteiger partial charge in [-0.15, -0.1) is 11.6 Å². The molecule has 6 nitrogen and oxygen atoms in total. The Labute approximate surface area is 140 Å². The minimum Gasteiger partial charge on any atom is -0.445 e. The molecule has 0 aliphatic carbocycles. The van der Waals surface area contributed by atoms with E-state index in [0.717, 1.165) is 5.56 Å². The van der Waals surface area contributed by atoms with Crippen LogP contribution in [0.25, 0.3) is 0 Å². The van der Waals surface area contributed by atoms with Gasteiger partial charge in [0.15, 0.2) is 0 Å². The molecule has 1 N–H and O–H groups in total. The van der Waals surface area contributed by atoms with Crippen LogP contribution in [-0.4, -0.2) is 55.1 Å². The molecule has 2 amide bonds. The van der Waals surface area contributed by atoms with Gasteiger partial charge in [0.05, 0.1) is 13.1 Å². The molecular formula is C16H21ClN2O4. The van der Waals surface area contributed by atoms with Crippen molar-refractivity contribution in [2.45, 2.75) is 18.6 Å². The molecule has 7 heteroatoms. The lowest BCUT2D eigenvalue weighted by Crippen LogP contribution is -2.65. The first-order chi connectivity index (χ1) is 11.1. The SMILES string of the molecule is COC1(CCNC(=O)CCl)CN(C(=O)OCc2ccccc2)C1. The number of carbonyl (C=O) groups excluding carboxylic acids is 2. The highest BCUT2D eigenvalue weighted by Crippen LogP contribution is 2.28. The number of methoxy groups -OCH3 is 1. The third kappa shape index (κ3) is 4.84. The molecule has 1 aromatic rings. The molecule has 1 saturated heterocycles. The van der Waals surface area contributed by atoms with Gasteiger partial charge in [0.1, 0.15) is 18.1 Å². The van der Waals surface area contributed by atoms with Crippen LogP contribution in [0.15, 0.2) is 30.3 Å². The summed E-state index contributed by atoms with van der Waals surface area (Å²) in [5.74, 6) is -0.269. The van der Waals surface area contributed by atoms with Crippen molar-refractivity contribution in [1.29, 1.82) is 0 Å². The molecule has 0 saturated carbocycles. The summed E-state index contributed by atoms with van der Waals surface area (Å²) in [6.07, 6.45) is 0.264. The number of hydrogen-bond donors (Lipinski definition) is 1. The summed E-state index contributed by atoms with van der Waals surface area (Å²) < 4.78 is 10.8. The summed E-state index contributed by atoms with van der Waals surface area (Å²) in [6, 6.07) is 9.53. The number of amides is 2. The van der Waals surface area contributed by atoms with Crippen LogP contribution in [0.2, 0.25) is 0 Å². The van der Waals surface area contributed by atoms with E-state index in [9.17, 15) is 9.59 Å². The van der Waals surface area contributed by atoms with Crippen LogP contribution >= 0.6 is 11.6 Å². The van der Waals surface area contributed by atoms with E-state index < -0.39 is 5.60 Å². The van der Waals surface area contributed by atoms with Crippen LogP contribution in [0.1, 0.15) is 12.0 Å². The molecule has 0 bridgehead atoms. The normalized spacial score (nSPS) is 15.7. The Morgan fingerprint density at radius 2 is 2.00 bits per heavy atom. The van der Waals surface area contributed by atoms with Gasteiger partial charge in [0, 0.05) is 13.7 Å². The molecule has 126 valence electrons. The zero-order chi connectivity index (χ0) is 16.7. The van der Waals surface area contributed by atoms with Crippen molar-refractivity contribution < 1.29 is 19.1 Å². The molecule has 0 atom stereocenters. The largest absolute Gasteiger partial charge is 0.445 e. The Balaban J connectivity index is 1.72. The van der Waals surface area contributed by atoms with E-state index >= 15 is 0 Å². The van der Waals surface area contributed by atoms with Crippen molar-refractivity contribution in [2.75, 3.05) is 32.6 Å².